The maximum absolute atomic E-state index is 11.9. The Kier molecular flexibility index (Phi) is 4.31. The monoisotopic (exact) mass is 266 g/mol. The highest BCUT2D eigenvalue weighted by molar-refractivity contribution is 5.87. The standard InChI is InChI=1S/C17H18N2O/c1-2-16(18)19-17(13-20,14-9-5-3-6-10-14)15-11-7-4-8-12-15/h3-13H,2H2,1H3,(H2,18,19). The Morgan fingerprint density at radius 2 is 1.50 bits per heavy atom. The first-order valence-corrected chi connectivity index (χ1v) is 6.66. The van der Waals surface area contributed by atoms with Crippen molar-refractivity contribution < 1.29 is 4.79 Å². The maximum atomic E-state index is 11.9. The first-order chi connectivity index (χ1) is 9.73. The fourth-order valence-corrected chi connectivity index (χ4v) is 2.21. The molecule has 0 aromatic heterocycles. The summed E-state index contributed by atoms with van der Waals surface area (Å²) in [4.78, 5) is 11.9. The lowest BCUT2D eigenvalue weighted by atomic mass is 9.84. The van der Waals surface area contributed by atoms with Gasteiger partial charge in [0.2, 0.25) is 0 Å². The summed E-state index contributed by atoms with van der Waals surface area (Å²) in [6.07, 6.45) is 1.43. The van der Waals surface area contributed by atoms with E-state index in [1.54, 1.807) is 0 Å². The van der Waals surface area contributed by atoms with Crippen LogP contribution in [0, 0.1) is 5.41 Å². The predicted molar refractivity (Wildman–Crippen MR) is 80.9 cm³/mol. The summed E-state index contributed by atoms with van der Waals surface area (Å²) in [7, 11) is 0. The predicted octanol–water partition coefficient (Wildman–Crippen LogP) is 3.11. The van der Waals surface area contributed by atoms with Crippen molar-refractivity contribution in [2.45, 2.75) is 18.9 Å². The minimum atomic E-state index is -1.00. The number of hydrogen-bond acceptors (Lipinski definition) is 2. The van der Waals surface area contributed by atoms with Crippen LogP contribution in [0.2, 0.25) is 0 Å². The van der Waals surface area contributed by atoms with Crippen molar-refractivity contribution in [2.75, 3.05) is 0 Å². The Labute approximate surface area is 119 Å². The molecule has 0 bridgehead atoms. The second-order valence-corrected chi connectivity index (χ2v) is 4.62. The molecule has 0 unspecified atom stereocenters. The minimum absolute atomic E-state index is 0.338. The van der Waals surface area contributed by atoms with Crippen LogP contribution in [0.25, 0.3) is 0 Å². The van der Waals surface area contributed by atoms with E-state index in [2.05, 4.69) is 5.32 Å². The highest BCUT2D eigenvalue weighted by Crippen LogP contribution is 2.27. The van der Waals surface area contributed by atoms with Crippen molar-refractivity contribution in [3.8, 4) is 0 Å². The zero-order chi connectivity index (χ0) is 14.4. The summed E-state index contributed by atoms with van der Waals surface area (Å²) in [6, 6.07) is 19.0. The van der Waals surface area contributed by atoms with Gasteiger partial charge >= 0.3 is 0 Å². The van der Waals surface area contributed by atoms with Crippen LogP contribution in [0.4, 0.5) is 0 Å². The quantitative estimate of drug-likeness (QED) is 0.496. The number of aldehydes is 1. The Morgan fingerprint density at radius 3 is 1.85 bits per heavy atom. The van der Waals surface area contributed by atoms with Gasteiger partial charge in [-0.1, -0.05) is 67.6 Å². The van der Waals surface area contributed by atoms with Crippen LogP contribution in [0.15, 0.2) is 60.7 Å². The van der Waals surface area contributed by atoms with Gasteiger partial charge in [-0.15, -0.1) is 0 Å². The summed E-state index contributed by atoms with van der Waals surface area (Å²) < 4.78 is 0. The first kappa shape index (κ1) is 14.0. The summed E-state index contributed by atoms with van der Waals surface area (Å²) in [5.41, 5.74) is 0.661. The van der Waals surface area contributed by atoms with Crippen LogP contribution < -0.4 is 5.32 Å². The van der Waals surface area contributed by atoms with Crippen LogP contribution in [-0.2, 0) is 10.3 Å². The van der Waals surface area contributed by atoms with Gasteiger partial charge in [-0.3, -0.25) is 10.2 Å². The lowest BCUT2D eigenvalue weighted by molar-refractivity contribution is -0.111. The molecule has 3 heteroatoms. The third-order valence-corrected chi connectivity index (χ3v) is 3.34. The van der Waals surface area contributed by atoms with E-state index in [-0.39, 0.29) is 0 Å². The molecule has 2 N–H and O–H groups in total. The van der Waals surface area contributed by atoms with Gasteiger partial charge in [0, 0.05) is 6.42 Å². The summed E-state index contributed by atoms with van der Waals surface area (Å²) >= 11 is 0. The summed E-state index contributed by atoms with van der Waals surface area (Å²) in [5, 5.41) is 11.0. The molecule has 0 amide bonds. The molecule has 3 nitrogen and oxygen atoms in total. The van der Waals surface area contributed by atoms with Gasteiger partial charge in [0.1, 0.15) is 5.54 Å². The molecule has 2 aromatic carbocycles. The molecule has 2 rings (SSSR count). The average molecular weight is 266 g/mol. The normalized spacial score (nSPS) is 10.8. The lowest BCUT2D eigenvalue weighted by Gasteiger charge is -2.31. The zero-order valence-electron chi connectivity index (χ0n) is 11.5. The van der Waals surface area contributed by atoms with E-state index >= 15 is 0 Å². The molecule has 0 aliphatic rings. The van der Waals surface area contributed by atoms with Crippen molar-refractivity contribution in [1.82, 2.24) is 5.32 Å². The zero-order valence-corrected chi connectivity index (χ0v) is 11.5. The number of nitrogens with one attached hydrogen (secondary N) is 2. The average Bonchev–Trinajstić information content (AvgIpc) is 2.54. The molecule has 0 aliphatic carbocycles. The van der Waals surface area contributed by atoms with E-state index in [1.165, 1.54) is 0 Å². The molecule has 0 saturated heterocycles. The highest BCUT2D eigenvalue weighted by atomic mass is 16.1. The number of carbonyl (C=O) groups excluding carboxylic acids is 1. The number of benzene rings is 2. The second kappa shape index (κ2) is 6.15. The van der Waals surface area contributed by atoms with E-state index in [0.29, 0.717) is 12.3 Å². The Morgan fingerprint density at radius 1 is 1.05 bits per heavy atom. The molecular formula is C17H18N2O. The van der Waals surface area contributed by atoms with Gasteiger partial charge in [0.15, 0.2) is 6.29 Å². The minimum Gasteiger partial charge on any atom is -0.355 e. The van der Waals surface area contributed by atoms with Crippen molar-refractivity contribution in [3.05, 3.63) is 71.8 Å². The lowest BCUT2D eigenvalue weighted by Crippen LogP contribution is -2.47. The molecule has 0 heterocycles. The van der Waals surface area contributed by atoms with Crippen LogP contribution in [0.5, 0.6) is 0 Å². The SMILES string of the molecule is CCC(=N)NC(C=O)(c1ccccc1)c1ccccc1. The highest BCUT2D eigenvalue weighted by Gasteiger charge is 2.34. The number of carbonyl (C=O) groups is 1. The smallest absolute Gasteiger partial charge is 0.154 e. The van der Waals surface area contributed by atoms with Gasteiger partial charge in [-0.2, -0.15) is 0 Å². The second-order valence-electron chi connectivity index (χ2n) is 4.62. The maximum Gasteiger partial charge on any atom is 0.154 e. The van der Waals surface area contributed by atoms with Gasteiger partial charge in [-0.25, -0.2) is 0 Å². The third kappa shape index (κ3) is 2.62. The van der Waals surface area contributed by atoms with Gasteiger partial charge in [-0.05, 0) is 11.1 Å². The third-order valence-electron chi connectivity index (χ3n) is 3.34. The Bertz CT molecular complexity index is 539. The topological polar surface area (TPSA) is 53.0 Å². The van der Waals surface area contributed by atoms with E-state index in [4.69, 9.17) is 5.41 Å². The molecular weight excluding hydrogens is 248 g/mol. The van der Waals surface area contributed by atoms with Crippen LogP contribution in [0.1, 0.15) is 24.5 Å². The van der Waals surface area contributed by atoms with E-state index < -0.39 is 5.54 Å². The van der Waals surface area contributed by atoms with Gasteiger partial charge in [0.05, 0.1) is 5.84 Å². The van der Waals surface area contributed by atoms with Crippen LogP contribution >= 0.6 is 0 Å². The van der Waals surface area contributed by atoms with Crippen molar-refractivity contribution in [1.29, 1.82) is 5.41 Å². The molecule has 2 aromatic rings. The molecule has 0 fully saturated rings. The van der Waals surface area contributed by atoms with Gasteiger partial charge in [0.25, 0.3) is 0 Å². The molecule has 0 spiro atoms. The number of hydrogen-bond donors (Lipinski definition) is 2. The summed E-state index contributed by atoms with van der Waals surface area (Å²) in [5.74, 6) is 0.338. The molecule has 0 radical (unpaired) electrons. The molecule has 20 heavy (non-hydrogen) atoms. The fraction of sp³-hybridized carbons (Fsp3) is 0.176. The summed E-state index contributed by atoms with van der Waals surface area (Å²) in [6.45, 7) is 1.89. The molecule has 102 valence electrons. The molecule has 0 saturated carbocycles. The molecule has 0 atom stereocenters. The van der Waals surface area contributed by atoms with Crippen LogP contribution in [0.3, 0.4) is 0 Å². The van der Waals surface area contributed by atoms with Gasteiger partial charge < -0.3 is 5.32 Å². The first-order valence-electron chi connectivity index (χ1n) is 6.66. The Balaban J connectivity index is 2.58. The largest absolute Gasteiger partial charge is 0.355 e. The van der Waals surface area contributed by atoms with E-state index in [1.807, 2.05) is 67.6 Å². The number of rotatable bonds is 5. The fourth-order valence-electron chi connectivity index (χ4n) is 2.21. The Hall–Kier alpha value is -2.42. The van der Waals surface area contributed by atoms with Crippen molar-refractivity contribution in [3.63, 3.8) is 0 Å². The number of amidine groups is 1. The van der Waals surface area contributed by atoms with Crippen molar-refractivity contribution in [2.24, 2.45) is 0 Å². The van der Waals surface area contributed by atoms with Crippen LogP contribution in [-0.4, -0.2) is 12.1 Å². The van der Waals surface area contributed by atoms with E-state index in [0.717, 1.165) is 17.4 Å². The molecule has 0 aliphatic heterocycles. The van der Waals surface area contributed by atoms with E-state index in [9.17, 15) is 4.79 Å². The van der Waals surface area contributed by atoms with Crippen molar-refractivity contribution >= 4 is 12.1 Å².